The number of rotatable bonds is 9. The van der Waals surface area contributed by atoms with Crippen molar-refractivity contribution in [3.8, 4) is 22.8 Å². The molecule has 0 radical (unpaired) electrons. The van der Waals surface area contributed by atoms with E-state index in [4.69, 9.17) is 9.47 Å². The molecule has 7 nitrogen and oxygen atoms in total. The minimum absolute atomic E-state index is 0.137. The fourth-order valence-corrected chi connectivity index (χ4v) is 3.61. The number of phenolic OH excluding ortho intramolecular Hbond substituents is 1. The second-order valence-electron chi connectivity index (χ2n) is 7.98. The molecule has 0 aliphatic rings. The average molecular weight is 470 g/mol. The van der Waals surface area contributed by atoms with Gasteiger partial charge in [0.05, 0.1) is 12.8 Å². The topological polar surface area (TPSA) is 93.6 Å². The van der Waals surface area contributed by atoms with Gasteiger partial charge in [0, 0.05) is 23.9 Å². The largest absolute Gasteiger partial charge is 0.504 e. The van der Waals surface area contributed by atoms with Gasteiger partial charge in [0.15, 0.2) is 11.5 Å². The highest BCUT2D eigenvalue weighted by Crippen LogP contribution is 2.27. The van der Waals surface area contributed by atoms with Crippen LogP contribution in [0, 0.1) is 0 Å². The Morgan fingerprint density at radius 2 is 1.74 bits per heavy atom. The van der Waals surface area contributed by atoms with Crippen molar-refractivity contribution >= 4 is 11.8 Å². The van der Waals surface area contributed by atoms with E-state index >= 15 is 0 Å². The number of amides is 1. The number of carbonyl (C=O) groups is 1. The molecule has 1 aromatic heterocycles. The molecule has 4 rings (SSSR count). The molecule has 0 bridgehead atoms. The molecule has 1 amide bonds. The maximum Gasteiger partial charge on any atom is 0.411 e. The minimum atomic E-state index is -0.503. The van der Waals surface area contributed by atoms with E-state index in [9.17, 15) is 9.90 Å². The van der Waals surface area contributed by atoms with Gasteiger partial charge in [0.1, 0.15) is 12.4 Å². The molecule has 0 fully saturated rings. The molecular formula is C28H27N3O4. The zero-order valence-corrected chi connectivity index (χ0v) is 19.5. The van der Waals surface area contributed by atoms with Crippen LogP contribution in [0.25, 0.3) is 11.3 Å². The van der Waals surface area contributed by atoms with Crippen LogP contribution in [0.5, 0.6) is 11.5 Å². The number of anilines is 1. The zero-order chi connectivity index (χ0) is 24.5. The van der Waals surface area contributed by atoms with Crippen LogP contribution in [-0.2, 0) is 24.2 Å². The van der Waals surface area contributed by atoms with Crippen LogP contribution in [0.3, 0.4) is 0 Å². The molecule has 0 spiro atoms. The van der Waals surface area contributed by atoms with Crippen LogP contribution >= 0.6 is 0 Å². The van der Waals surface area contributed by atoms with Gasteiger partial charge in [-0.3, -0.25) is 5.32 Å². The first kappa shape index (κ1) is 23.8. The number of carbonyl (C=O) groups excluding carboxylic acids is 1. The van der Waals surface area contributed by atoms with Gasteiger partial charge in [-0.25, -0.2) is 14.8 Å². The first-order valence-electron chi connectivity index (χ1n) is 11.4. The Balaban J connectivity index is 1.30. The molecule has 7 heteroatoms. The van der Waals surface area contributed by atoms with Gasteiger partial charge in [0.2, 0.25) is 0 Å². The molecule has 2 N–H and O–H groups in total. The van der Waals surface area contributed by atoms with E-state index in [-0.39, 0.29) is 12.4 Å². The number of hydrogen-bond acceptors (Lipinski definition) is 6. The quantitative estimate of drug-likeness (QED) is 0.323. The second kappa shape index (κ2) is 11.7. The van der Waals surface area contributed by atoms with E-state index in [1.807, 2.05) is 72.8 Å². The summed E-state index contributed by atoms with van der Waals surface area (Å²) in [5, 5.41) is 12.5. The number of methoxy groups -OCH3 is 1. The third kappa shape index (κ3) is 6.80. The fourth-order valence-electron chi connectivity index (χ4n) is 3.61. The normalized spacial score (nSPS) is 10.5. The molecule has 3 aromatic carbocycles. The van der Waals surface area contributed by atoms with Crippen LogP contribution < -0.4 is 10.1 Å². The molecule has 0 saturated carbocycles. The number of nitrogens with one attached hydrogen (secondary N) is 1. The van der Waals surface area contributed by atoms with Crippen molar-refractivity contribution in [1.29, 1.82) is 0 Å². The number of hydrogen-bond donors (Lipinski definition) is 2. The van der Waals surface area contributed by atoms with Crippen molar-refractivity contribution < 1.29 is 19.4 Å². The standard InChI is InChI=1S/C28H27N3O4/c1-34-26-18-20(10-15-25(26)32)8-5-9-27-29-17-16-24(31-27)22-11-13-23(14-12-22)30-28(33)35-19-21-6-3-2-4-7-21/h2-4,6-7,10-18,32H,5,8-9,19H2,1H3,(H,30,33). The van der Waals surface area contributed by atoms with Gasteiger partial charge in [-0.05, 0) is 54.3 Å². The van der Waals surface area contributed by atoms with E-state index in [1.165, 1.54) is 0 Å². The SMILES string of the molecule is COc1cc(CCCc2nccc(-c3ccc(NC(=O)OCc4ccccc4)cc3)n2)ccc1O. The van der Waals surface area contributed by atoms with Gasteiger partial charge in [-0.15, -0.1) is 0 Å². The van der Waals surface area contributed by atoms with Crippen LogP contribution in [0.2, 0.25) is 0 Å². The lowest BCUT2D eigenvalue weighted by Gasteiger charge is -2.09. The highest BCUT2D eigenvalue weighted by atomic mass is 16.5. The maximum absolute atomic E-state index is 12.1. The lowest BCUT2D eigenvalue weighted by molar-refractivity contribution is 0.155. The van der Waals surface area contributed by atoms with Crippen molar-refractivity contribution in [2.75, 3.05) is 12.4 Å². The number of aromatic hydroxyl groups is 1. The molecule has 0 saturated heterocycles. The summed E-state index contributed by atoms with van der Waals surface area (Å²) in [6, 6.07) is 24.2. The van der Waals surface area contributed by atoms with Crippen molar-refractivity contribution in [3.05, 3.63) is 102 Å². The molecule has 178 valence electrons. The lowest BCUT2D eigenvalue weighted by atomic mass is 10.1. The molecular weight excluding hydrogens is 442 g/mol. The number of nitrogens with zero attached hydrogens (tertiary/aromatic N) is 2. The van der Waals surface area contributed by atoms with Crippen LogP contribution in [0.15, 0.2) is 85.1 Å². The Hall–Kier alpha value is -4.39. The minimum Gasteiger partial charge on any atom is -0.504 e. The summed E-state index contributed by atoms with van der Waals surface area (Å²) >= 11 is 0. The predicted octanol–water partition coefficient (Wildman–Crippen LogP) is 5.78. The third-order valence-corrected chi connectivity index (χ3v) is 5.46. The molecule has 1 heterocycles. The van der Waals surface area contributed by atoms with Gasteiger partial charge in [-0.2, -0.15) is 0 Å². The highest BCUT2D eigenvalue weighted by molar-refractivity contribution is 5.85. The number of ether oxygens (including phenoxy) is 2. The molecule has 0 atom stereocenters. The first-order valence-corrected chi connectivity index (χ1v) is 11.4. The fraction of sp³-hybridized carbons (Fsp3) is 0.179. The average Bonchev–Trinajstić information content (AvgIpc) is 2.90. The van der Waals surface area contributed by atoms with Crippen LogP contribution in [-0.4, -0.2) is 28.3 Å². The van der Waals surface area contributed by atoms with Crippen LogP contribution in [0.4, 0.5) is 10.5 Å². The molecule has 4 aromatic rings. The lowest BCUT2D eigenvalue weighted by Crippen LogP contribution is -2.13. The van der Waals surface area contributed by atoms with E-state index in [0.29, 0.717) is 11.4 Å². The third-order valence-electron chi connectivity index (χ3n) is 5.46. The molecule has 0 aliphatic heterocycles. The van der Waals surface area contributed by atoms with Crippen molar-refractivity contribution in [2.45, 2.75) is 25.9 Å². The van der Waals surface area contributed by atoms with Gasteiger partial charge < -0.3 is 14.6 Å². The number of benzene rings is 3. The summed E-state index contributed by atoms with van der Waals surface area (Å²) in [5.74, 6) is 1.38. The van der Waals surface area contributed by atoms with E-state index in [0.717, 1.165) is 47.5 Å². The Bertz CT molecular complexity index is 1260. The highest BCUT2D eigenvalue weighted by Gasteiger charge is 2.07. The predicted molar refractivity (Wildman–Crippen MR) is 134 cm³/mol. The Morgan fingerprint density at radius 3 is 2.51 bits per heavy atom. The Morgan fingerprint density at radius 1 is 0.943 bits per heavy atom. The molecule has 35 heavy (non-hydrogen) atoms. The summed E-state index contributed by atoms with van der Waals surface area (Å²) < 4.78 is 10.4. The van der Waals surface area contributed by atoms with Crippen molar-refractivity contribution in [1.82, 2.24) is 9.97 Å². The second-order valence-corrected chi connectivity index (χ2v) is 7.98. The monoisotopic (exact) mass is 469 g/mol. The first-order chi connectivity index (χ1) is 17.1. The van der Waals surface area contributed by atoms with E-state index in [2.05, 4.69) is 15.3 Å². The van der Waals surface area contributed by atoms with Gasteiger partial charge in [-0.1, -0.05) is 48.5 Å². The Labute approximate surface area is 204 Å². The van der Waals surface area contributed by atoms with Gasteiger partial charge in [0.25, 0.3) is 0 Å². The van der Waals surface area contributed by atoms with E-state index in [1.54, 1.807) is 19.4 Å². The summed E-state index contributed by atoms with van der Waals surface area (Å²) in [6.07, 6.45) is 3.67. The van der Waals surface area contributed by atoms with Crippen molar-refractivity contribution in [2.24, 2.45) is 0 Å². The number of aromatic nitrogens is 2. The summed E-state index contributed by atoms with van der Waals surface area (Å²) in [6.45, 7) is 0.217. The molecule has 0 unspecified atom stereocenters. The smallest absolute Gasteiger partial charge is 0.411 e. The van der Waals surface area contributed by atoms with Crippen molar-refractivity contribution in [3.63, 3.8) is 0 Å². The summed E-state index contributed by atoms with van der Waals surface area (Å²) in [4.78, 5) is 21.2. The van der Waals surface area contributed by atoms with Crippen LogP contribution in [0.1, 0.15) is 23.4 Å². The Kier molecular flexibility index (Phi) is 7.91. The number of phenols is 1. The van der Waals surface area contributed by atoms with Gasteiger partial charge >= 0.3 is 6.09 Å². The zero-order valence-electron chi connectivity index (χ0n) is 19.5. The number of aryl methyl sites for hydroxylation is 2. The maximum atomic E-state index is 12.1. The molecule has 0 aliphatic carbocycles. The summed E-state index contributed by atoms with van der Waals surface area (Å²) in [7, 11) is 1.54. The summed E-state index contributed by atoms with van der Waals surface area (Å²) in [5.41, 5.74) is 4.41. The van der Waals surface area contributed by atoms with E-state index < -0.39 is 6.09 Å².